The molecule has 1 N–H and O–H groups in total. The molecule has 1 saturated heterocycles. The number of thiol groups is 1. The number of aliphatic hydroxyl groups excluding tert-OH is 1. The first kappa shape index (κ1) is 9.49. The minimum absolute atomic E-state index is 0.281. The van der Waals surface area contributed by atoms with Gasteiger partial charge in [0.2, 0.25) is 0 Å². The Kier molecular flexibility index (Phi) is 1.96. The van der Waals surface area contributed by atoms with Crippen LogP contribution in [0.15, 0.2) is 0 Å². The lowest BCUT2D eigenvalue weighted by Gasteiger charge is -2.38. The Morgan fingerprint density at radius 1 is 1.43 bits per heavy atom. The van der Waals surface area contributed by atoms with E-state index in [0.717, 1.165) is 24.9 Å². The average molecular weight is 214 g/mol. The minimum atomic E-state index is -0.509. The summed E-state index contributed by atoms with van der Waals surface area (Å²) in [4.78, 5) is 0. The van der Waals surface area contributed by atoms with Gasteiger partial charge in [-0.15, -0.1) is 0 Å². The average Bonchev–Trinajstić information content (AvgIpc) is 2.75. The maximum atomic E-state index is 9.49. The maximum absolute atomic E-state index is 9.49. The van der Waals surface area contributed by atoms with E-state index in [1.54, 1.807) is 0 Å². The summed E-state index contributed by atoms with van der Waals surface area (Å²) in [6.07, 6.45) is 2.90. The number of aliphatic hydroxyl groups is 1. The van der Waals surface area contributed by atoms with E-state index in [4.69, 9.17) is 17.4 Å². The van der Waals surface area contributed by atoms with Crippen molar-refractivity contribution in [1.82, 2.24) is 0 Å². The standard InChI is InChI=1S/C11H18O2S/c1-6-7-2-8(10(6)14)11(3-7)4-9(12)13-5-11/h6-10,12,14H,2-5H2,1H3. The molecule has 80 valence electrons. The van der Waals surface area contributed by atoms with E-state index in [1.807, 2.05) is 0 Å². The van der Waals surface area contributed by atoms with Crippen LogP contribution in [0.4, 0.5) is 0 Å². The Morgan fingerprint density at radius 3 is 2.71 bits per heavy atom. The molecule has 2 nitrogen and oxygen atoms in total. The summed E-state index contributed by atoms with van der Waals surface area (Å²) in [7, 11) is 0. The lowest BCUT2D eigenvalue weighted by atomic mass is 9.69. The molecule has 3 aliphatic rings. The van der Waals surface area contributed by atoms with Crippen molar-refractivity contribution in [2.24, 2.45) is 23.2 Å². The molecule has 3 heteroatoms. The second-order valence-corrected chi connectivity index (χ2v) is 6.08. The normalized spacial score (nSPS) is 61.5. The van der Waals surface area contributed by atoms with Crippen molar-refractivity contribution in [3.8, 4) is 0 Å². The van der Waals surface area contributed by atoms with Crippen LogP contribution in [-0.2, 0) is 4.74 Å². The van der Waals surface area contributed by atoms with E-state index < -0.39 is 6.29 Å². The fourth-order valence-electron chi connectivity index (χ4n) is 4.01. The topological polar surface area (TPSA) is 29.5 Å². The van der Waals surface area contributed by atoms with Gasteiger partial charge in [-0.3, -0.25) is 0 Å². The van der Waals surface area contributed by atoms with Crippen LogP contribution >= 0.6 is 12.6 Å². The predicted octanol–water partition coefficient (Wildman–Crippen LogP) is 1.69. The molecule has 0 radical (unpaired) electrons. The third-order valence-electron chi connectivity index (χ3n) is 4.85. The Bertz CT molecular complexity index is 256. The van der Waals surface area contributed by atoms with Crippen molar-refractivity contribution in [2.45, 2.75) is 37.7 Å². The Balaban J connectivity index is 1.86. The van der Waals surface area contributed by atoms with E-state index in [0.29, 0.717) is 11.2 Å². The zero-order valence-corrected chi connectivity index (χ0v) is 9.41. The number of rotatable bonds is 0. The molecule has 2 bridgehead atoms. The van der Waals surface area contributed by atoms with Crippen LogP contribution in [-0.4, -0.2) is 23.3 Å². The smallest absolute Gasteiger partial charge is 0.155 e. The van der Waals surface area contributed by atoms with Gasteiger partial charge in [0, 0.05) is 17.1 Å². The van der Waals surface area contributed by atoms with Gasteiger partial charge < -0.3 is 9.84 Å². The number of ether oxygens (including phenoxy) is 1. The van der Waals surface area contributed by atoms with Gasteiger partial charge in [0.05, 0.1) is 6.61 Å². The van der Waals surface area contributed by atoms with E-state index >= 15 is 0 Å². The molecule has 0 aromatic rings. The monoisotopic (exact) mass is 214 g/mol. The second kappa shape index (κ2) is 2.89. The first-order valence-electron chi connectivity index (χ1n) is 5.60. The largest absolute Gasteiger partial charge is 0.368 e. The number of fused-ring (bicyclic) bond motifs is 3. The van der Waals surface area contributed by atoms with Crippen LogP contribution in [0.2, 0.25) is 0 Å². The summed E-state index contributed by atoms with van der Waals surface area (Å²) in [6, 6.07) is 0. The highest BCUT2D eigenvalue weighted by Crippen LogP contribution is 2.63. The van der Waals surface area contributed by atoms with Gasteiger partial charge in [0.1, 0.15) is 0 Å². The highest BCUT2D eigenvalue weighted by molar-refractivity contribution is 7.81. The molecule has 0 aromatic heterocycles. The van der Waals surface area contributed by atoms with E-state index in [9.17, 15) is 5.11 Å². The van der Waals surface area contributed by atoms with Crippen molar-refractivity contribution >= 4 is 12.6 Å². The molecule has 6 atom stereocenters. The number of hydrogen-bond acceptors (Lipinski definition) is 3. The van der Waals surface area contributed by atoms with Crippen molar-refractivity contribution in [2.75, 3.05) is 6.61 Å². The lowest BCUT2D eigenvalue weighted by molar-refractivity contribution is -0.0600. The van der Waals surface area contributed by atoms with Gasteiger partial charge in [-0.2, -0.15) is 12.6 Å². The van der Waals surface area contributed by atoms with E-state index in [-0.39, 0.29) is 5.41 Å². The SMILES string of the molecule is CC1C2CC(C1S)C1(COC(O)C1)C2. The first-order valence-corrected chi connectivity index (χ1v) is 6.12. The molecule has 2 aliphatic carbocycles. The van der Waals surface area contributed by atoms with Gasteiger partial charge in [0.25, 0.3) is 0 Å². The maximum Gasteiger partial charge on any atom is 0.155 e. The van der Waals surface area contributed by atoms with Gasteiger partial charge in [-0.25, -0.2) is 0 Å². The van der Waals surface area contributed by atoms with Crippen molar-refractivity contribution in [3.63, 3.8) is 0 Å². The molecular weight excluding hydrogens is 196 g/mol. The van der Waals surface area contributed by atoms with Gasteiger partial charge in [-0.1, -0.05) is 6.92 Å². The Labute approximate surface area is 90.4 Å². The Hall–Kier alpha value is 0.270. The molecule has 1 heterocycles. The minimum Gasteiger partial charge on any atom is -0.368 e. The Morgan fingerprint density at radius 2 is 2.21 bits per heavy atom. The van der Waals surface area contributed by atoms with E-state index in [2.05, 4.69) is 6.92 Å². The zero-order chi connectivity index (χ0) is 9.92. The van der Waals surface area contributed by atoms with Crippen molar-refractivity contribution in [1.29, 1.82) is 0 Å². The molecule has 0 aromatic carbocycles. The summed E-state index contributed by atoms with van der Waals surface area (Å²) in [5, 5.41) is 10.0. The molecule has 2 saturated carbocycles. The summed E-state index contributed by atoms with van der Waals surface area (Å²) in [5.74, 6) is 2.27. The molecule has 6 unspecified atom stereocenters. The van der Waals surface area contributed by atoms with Crippen LogP contribution in [0.1, 0.15) is 26.2 Å². The fraction of sp³-hybridized carbons (Fsp3) is 1.00. The molecule has 3 rings (SSSR count). The zero-order valence-electron chi connectivity index (χ0n) is 8.52. The first-order chi connectivity index (χ1) is 6.62. The lowest BCUT2D eigenvalue weighted by Crippen LogP contribution is -2.37. The third-order valence-corrected chi connectivity index (χ3v) is 5.68. The third kappa shape index (κ3) is 1.06. The summed E-state index contributed by atoms with van der Waals surface area (Å²) >= 11 is 4.73. The summed E-state index contributed by atoms with van der Waals surface area (Å²) < 4.78 is 5.35. The van der Waals surface area contributed by atoms with Gasteiger partial charge in [0.15, 0.2) is 6.29 Å². The van der Waals surface area contributed by atoms with E-state index in [1.165, 1.54) is 12.8 Å². The quantitative estimate of drug-likeness (QED) is 0.601. The highest BCUT2D eigenvalue weighted by Gasteiger charge is 2.60. The van der Waals surface area contributed by atoms with Gasteiger partial charge >= 0.3 is 0 Å². The summed E-state index contributed by atoms with van der Waals surface area (Å²) in [6.45, 7) is 3.08. The predicted molar refractivity (Wildman–Crippen MR) is 57.2 cm³/mol. The van der Waals surface area contributed by atoms with Crippen LogP contribution in [0, 0.1) is 23.2 Å². The molecular formula is C11H18O2S. The summed E-state index contributed by atoms with van der Waals surface area (Å²) in [5.41, 5.74) is 0.281. The fourth-order valence-corrected chi connectivity index (χ4v) is 4.69. The van der Waals surface area contributed by atoms with Crippen LogP contribution in [0.25, 0.3) is 0 Å². The molecule has 14 heavy (non-hydrogen) atoms. The van der Waals surface area contributed by atoms with Crippen LogP contribution in [0.3, 0.4) is 0 Å². The van der Waals surface area contributed by atoms with Crippen molar-refractivity contribution in [3.05, 3.63) is 0 Å². The van der Waals surface area contributed by atoms with Crippen molar-refractivity contribution < 1.29 is 9.84 Å². The molecule has 0 amide bonds. The van der Waals surface area contributed by atoms with Crippen LogP contribution in [0.5, 0.6) is 0 Å². The highest BCUT2D eigenvalue weighted by atomic mass is 32.1. The molecule has 1 spiro atoms. The second-order valence-electron chi connectivity index (χ2n) is 5.49. The van der Waals surface area contributed by atoms with Gasteiger partial charge in [-0.05, 0) is 30.6 Å². The number of hydrogen-bond donors (Lipinski definition) is 2. The molecule has 3 fully saturated rings. The van der Waals surface area contributed by atoms with Crippen LogP contribution < -0.4 is 0 Å². The molecule has 1 aliphatic heterocycles.